The fraction of sp³-hybridized carbons (Fsp3) is 0.333. The van der Waals surface area contributed by atoms with E-state index < -0.39 is 15.9 Å². The number of nitrogens with zero attached hydrogens (tertiary/aromatic N) is 2. The summed E-state index contributed by atoms with van der Waals surface area (Å²) in [6.45, 7) is 2.76. The fourth-order valence-electron chi connectivity index (χ4n) is 2.16. The second-order valence-electron chi connectivity index (χ2n) is 5.19. The second-order valence-corrected chi connectivity index (χ2v) is 8.05. The number of carbonyl (C=O) groups is 1. The number of thioether (sulfide) groups is 1. The molecule has 0 aliphatic heterocycles. The molecule has 2 aromatic rings. The maximum absolute atomic E-state index is 12.5. The topological polar surface area (TPSA) is 92.5 Å². The molecule has 0 aliphatic rings. The van der Waals surface area contributed by atoms with Crippen molar-refractivity contribution in [1.29, 1.82) is 0 Å². The number of rotatable bonds is 6. The molecule has 1 aromatic heterocycles. The van der Waals surface area contributed by atoms with Crippen molar-refractivity contribution < 1.29 is 17.7 Å². The Morgan fingerprint density at radius 2 is 1.92 bits per heavy atom. The number of carbonyl (C=O) groups excluding carboxylic acids is 1. The highest BCUT2D eigenvalue weighted by atomic mass is 32.2. The number of aromatic nitrogens is 1. The summed E-state index contributed by atoms with van der Waals surface area (Å²) in [4.78, 5) is 13.2. The van der Waals surface area contributed by atoms with Crippen molar-refractivity contribution >= 4 is 33.4 Å². The molecule has 1 amide bonds. The van der Waals surface area contributed by atoms with Gasteiger partial charge in [0.2, 0.25) is 15.9 Å². The summed E-state index contributed by atoms with van der Waals surface area (Å²) in [5.74, 6) is -0.225. The lowest BCUT2D eigenvalue weighted by atomic mass is 10.3. The van der Waals surface area contributed by atoms with E-state index in [1.807, 2.05) is 18.4 Å². The Morgan fingerprint density at radius 3 is 2.42 bits per heavy atom. The molecule has 130 valence electrons. The van der Waals surface area contributed by atoms with Crippen molar-refractivity contribution in [2.24, 2.45) is 0 Å². The zero-order valence-electron chi connectivity index (χ0n) is 13.9. The van der Waals surface area contributed by atoms with Gasteiger partial charge in [-0.25, -0.2) is 8.42 Å². The Hall–Kier alpha value is -1.84. The van der Waals surface area contributed by atoms with Crippen molar-refractivity contribution in [3.8, 4) is 0 Å². The molecule has 0 radical (unpaired) electrons. The normalized spacial score (nSPS) is 11.7. The number of hydrogen-bond acceptors (Lipinski definition) is 6. The van der Waals surface area contributed by atoms with Gasteiger partial charge in [-0.05, 0) is 44.4 Å². The van der Waals surface area contributed by atoms with E-state index >= 15 is 0 Å². The smallest absolute Gasteiger partial charge is 0.248 e. The molecular formula is C15H19N3O4S2. The van der Waals surface area contributed by atoms with Crippen molar-refractivity contribution in [2.45, 2.75) is 23.6 Å². The van der Waals surface area contributed by atoms with Gasteiger partial charge in [0.15, 0.2) is 5.76 Å². The summed E-state index contributed by atoms with van der Waals surface area (Å²) >= 11 is 1.60. The van der Waals surface area contributed by atoms with E-state index in [-0.39, 0.29) is 22.9 Å². The third kappa shape index (κ3) is 3.97. The van der Waals surface area contributed by atoms with Crippen LogP contribution < -0.4 is 5.32 Å². The Labute approximate surface area is 145 Å². The minimum absolute atomic E-state index is 0.00197. The Bertz CT molecular complexity index is 809. The number of anilines is 1. The lowest BCUT2D eigenvalue weighted by Gasteiger charge is -2.16. The van der Waals surface area contributed by atoms with Gasteiger partial charge in [0.05, 0.1) is 6.54 Å². The Kier molecular flexibility index (Phi) is 5.68. The maximum atomic E-state index is 12.5. The monoisotopic (exact) mass is 369 g/mol. The van der Waals surface area contributed by atoms with Crippen molar-refractivity contribution in [2.75, 3.05) is 25.2 Å². The second kappa shape index (κ2) is 7.37. The van der Waals surface area contributed by atoms with Gasteiger partial charge >= 0.3 is 0 Å². The molecule has 2 rings (SSSR count). The molecule has 1 N–H and O–H groups in total. The first-order chi connectivity index (χ1) is 11.3. The van der Waals surface area contributed by atoms with Gasteiger partial charge in [-0.2, -0.15) is 4.31 Å². The first-order valence-electron chi connectivity index (χ1n) is 7.09. The summed E-state index contributed by atoms with van der Waals surface area (Å²) in [5.41, 5.74) is 0.883. The van der Waals surface area contributed by atoms with Crippen LogP contribution in [0.5, 0.6) is 0 Å². The minimum atomic E-state index is -3.84. The predicted molar refractivity (Wildman–Crippen MR) is 92.6 cm³/mol. The Balaban J connectivity index is 2.07. The van der Waals surface area contributed by atoms with E-state index in [0.29, 0.717) is 5.69 Å². The lowest BCUT2D eigenvalue weighted by molar-refractivity contribution is -0.116. The largest absolute Gasteiger partial charge is 0.360 e. The van der Waals surface area contributed by atoms with Gasteiger partial charge in [0, 0.05) is 17.6 Å². The fourth-order valence-corrected chi connectivity index (χ4v) is 3.98. The average Bonchev–Trinajstić information content (AvgIpc) is 2.87. The highest BCUT2D eigenvalue weighted by Crippen LogP contribution is 2.22. The third-order valence-electron chi connectivity index (χ3n) is 3.38. The van der Waals surface area contributed by atoms with Crippen LogP contribution in [0, 0.1) is 13.8 Å². The summed E-state index contributed by atoms with van der Waals surface area (Å²) in [6, 6.07) is 7.30. The van der Waals surface area contributed by atoms with Crippen molar-refractivity contribution in [3.05, 3.63) is 35.7 Å². The van der Waals surface area contributed by atoms with E-state index in [1.165, 1.54) is 14.0 Å². The number of amides is 1. The first kappa shape index (κ1) is 18.5. The average molecular weight is 369 g/mol. The molecule has 1 heterocycles. The van der Waals surface area contributed by atoms with Crippen LogP contribution in [0.1, 0.15) is 11.5 Å². The molecule has 24 heavy (non-hydrogen) atoms. The molecular weight excluding hydrogens is 350 g/mol. The van der Waals surface area contributed by atoms with Crippen molar-refractivity contribution in [3.63, 3.8) is 0 Å². The van der Waals surface area contributed by atoms with E-state index in [1.54, 1.807) is 30.8 Å². The summed E-state index contributed by atoms with van der Waals surface area (Å²) in [6.07, 6.45) is 1.96. The number of likely N-dealkylation sites (N-methyl/N-ethyl adjacent to an activating group) is 1. The van der Waals surface area contributed by atoms with Crippen LogP contribution in [0.2, 0.25) is 0 Å². The molecule has 0 bridgehead atoms. The summed E-state index contributed by atoms with van der Waals surface area (Å²) in [7, 11) is -2.50. The Morgan fingerprint density at radius 1 is 1.29 bits per heavy atom. The molecule has 0 fully saturated rings. The van der Waals surface area contributed by atoms with Gasteiger partial charge in [-0.1, -0.05) is 5.16 Å². The molecule has 1 aromatic carbocycles. The van der Waals surface area contributed by atoms with E-state index in [2.05, 4.69) is 10.5 Å². The van der Waals surface area contributed by atoms with E-state index in [0.717, 1.165) is 9.20 Å². The van der Waals surface area contributed by atoms with Crippen LogP contribution in [-0.2, 0) is 14.8 Å². The SMILES string of the molecule is CSc1ccc(NC(=O)CN(C)S(=O)(=O)c2c(C)noc2C)cc1. The lowest BCUT2D eigenvalue weighted by Crippen LogP contribution is -2.35. The van der Waals surface area contributed by atoms with E-state index in [9.17, 15) is 13.2 Å². The molecule has 0 aliphatic carbocycles. The highest BCUT2D eigenvalue weighted by Gasteiger charge is 2.29. The number of nitrogens with one attached hydrogen (secondary N) is 1. The highest BCUT2D eigenvalue weighted by molar-refractivity contribution is 7.98. The summed E-state index contributed by atoms with van der Waals surface area (Å²) < 4.78 is 31.0. The van der Waals surface area contributed by atoms with E-state index in [4.69, 9.17) is 4.52 Å². The number of aryl methyl sites for hydroxylation is 2. The molecule has 9 heteroatoms. The van der Waals surface area contributed by atoms with Crippen LogP contribution in [0.4, 0.5) is 5.69 Å². The van der Waals surface area contributed by atoms with Gasteiger partial charge in [-0.3, -0.25) is 4.79 Å². The molecule has 7 nitrogen and oxygen atoms in total. The van der Waals surface area contributed by atoms with Gasteiger partial charge < -0.3 is 9.84 Å². The zero-order chi connectivity index (χ0) is 17.9. The van der Waals surface area contributed by atoms with Gasteiger partial charge in [-0.15, -0.1) is 11.8 Å². The van der Waals surface area contributed by atoms with Gasteiger partial charge in [0.1, 0.15) is 10.6 Å². The number of benzene rings is 1. The predicted octanol–water partition coefficient (Wildman–Crippen LogP) is 2.27. The van der Waals surface area contributed by atoms with Crippen LogP contribution in [0.3, 0.4) is 0 Å². The minimum Gasteiger partial charge on any atom is -0.360 e. The van der Waals surface area contributed by atoms with Gasteiger partial charge in [0.25, 0.3) is 0 Å². The van der Waals surface area contributed by atoms with Crippen LogP contribution in [0.15, 0.2) is 38.6 Å². The molecule has 0 saturated carbocycles. The molecule has 0 unspecified atom stereocenters. The summed E-state index contributed by atoms with van der Waals surface area (Å²) in [5, 5.41) is 6.32. The van der Waals surface area contributed by atoms with Crippen molar-refractivity contribution in [1.82, 2.24) is 9.46 Å². The van der Waals surface area contributed by atoms with Crippen LogP contribution in [-0.4, -0.2) is 43.6 Å². The number of sulfonamides is 1. The quantitative estimate of drug-likeness (QED) is 0.785. The first-order valence-corrected chi connectivity index (χ1v) is 9.75. The van der Waals surface area contributed by atoms with Crippen LogP contribution >= 0.6 is 11.8 Å². The number of hydrogen-bond donors (Lipinski definition) is 1. The molecule has 0 atom stereocenters. The third-order valence-corrected chi connectivity index (χ3v) is 6.17. The van der Waals surface area contributed by atoms with Crippen LogP contribution in [0.25, 0.3) is 0 Å². The molecule has 0 saturated heterocycles. The maximum Gasteiger partial charge on any atom is 0.248 e. The zero-order valence-corrected chi connectivity index (χ0v) is 15.5. The molecule has 0 spiro atoms. The standard InChI is InChI=1S/C15H19N3O4S2/c1-10-15(11(2)22-17-10)24(20,21)18(3)9-14(19)16-12-5-7-13(23-4)8-6-12/h5-8H,9H2,1-4H3,(H,16,19).